The second kappa shape index (κ2) is 8.96. The van der Waals surface area contributed by atoms with Crippen molar-refractivity contribution in [1.82, 2.24) is 4.98 Å². The first-order chi connectivity index (χ1) is 15.9. The van der Waals surface area contributed by atoms with E-state index < -0.39 is 10.9 Å². The minimum Gasteiger partial charge on any atom is -0.505 e. The molecular weight excluding hydrogens is 422 g/mol. The number of hydrogen-bond acceptors (Lipinski definition) is 7. The van der Waals surface area contributed by atoms with Gasteiger partial charge in [-0.25, -0.2) is 4.79 Å². The average molecular weight is 443 g/mol. The topological polar surface area (TPSA) is 106 Å². The van der Waals surface area contributed by atoms with Crippen molar-refractivity contribution in [3.8, 4) is 16.9 Å². The maximum absolute atomic E-state index is 11.9. The third-order valence-corrected chi connectivity index (χ3v) is 5.36. The normalized spacial score (nSPS) is 10.7. The predicted molar refractivity (Wildman–Crippen MR) is 126 cm³/mol. The van der Waals surface area contributed by atoms with Gasteiger partial charge in [-0.1, -0.05) is 12.1 Å². The Morgan fingerprint density at radius 3 is 2.55 bits per heavy atom. The number of carbonyl (C=O) groups excluding carboxylic acids is 1. The second-order valence-electron chi connectivity index (χ2n) is 7.32. The van der Waals surface area contributed by atoms with Crippen LogP contribution in [0.5, 0.6) is 5.75 Å². The smallest absolute Gasteiger partial charge is 0.338 e. The summed E-state index contributed by atoms with van der Waals surface area (Å²) in [5.74, 6) is -0.461. The number of esters is 1. The third-order valence-electron chi connectivity index (χ3n) is 5.36. The summed E-state index contributed by atoms with van der Waals surface area (Å²) in [6, 6.07) is 18.5. The van der Waals surface area contributed by atoms with Crippen LogP contribution in [0.15, 0.2) is 72.9 Å². The highest BCUT2D eigenvalue weighted by Crippen LogP contribution is 2.42. The highest BCUT2D eigenvalue weighted by molar-refractivity contribution is 5.96. The van der Waals surface area contributed by atoms with E-state index in [9.17, 15) is 20.0 Å². The highest BCUT2D eigenvalue weighted by Gasteiger charge is 2.20. The monoisotopic (exact) mass is 443 g/mol. The zero-order valence-electron chi connectivity index (χ0n) is 18.1. The number of rotatable bonds is 6. The molecule has 166 valence electrons. The first-order valence-electron chi connectivity index (χ1n) is 10.3. The van der Waals surface area contributed by atoms with Crippen LogP contribution in [0.4, 0.5) is 17.1 Å². The highest BCUT2D eigenvalue weighted by atomic mass is 16.6. The number of nitro groups is 1. The number of nitro benzene ring substituents is 1. The summed E-state index contributed by atoms with van der Waals surface area (Å²) in [6.07, 6.45) is 1.58. The van der Waals surface area contributed by atoms with Crippen LogP contribution in [-0.2, 0) is 4.74 Å². The van der Waals surface area contributed by atoms with Crippen LogP contribution in [0.25, 0.3) is 22.0 Å². The molecule has 0 saturated heterocycles. The first-order valence-corrected chi connectivity index (χ1v) is 10.3. The summed E-state index contributed by atoms with van der Waals surface area (Å²) >= 11 is 0. The van der Waals surface area contributed by atoms with Crippen LogP contribution >= 0.6 is 0 Å². The van der Waals surface area contributed by atoms with Gasteiger partial charge in [-0.05, 0) is 49.4 Å². The van der Waals surface area contributed by atoms with Gasteiger partial charge in [0.1, 0.15) is 11.3 Å². The fourth-order valence-electron chi connectivity index (χ4n) is 3.67. The van der Waals surface area contributed by atoms with Crippen molar-refractivity contribution in [2.75, 3.05) is 18.6 Å². The van der Waals surface area contributed by atoms with Crippen molar-refractivity contribution < 1.29 is 19.6 Å². The molecule has 0 amide bonds. The molecule has 1 heterocycles. The van der Waals surface area contributed by atoms with Crippen molar-refractivity contribution in [3.63, 3.8) is 0 Å². The van der Waals surface area contributed by atoms with Gasteiger partial charge in [0, 0.05) is 53.3 Å². The fourth-order valence-corrected chi connectivity index (χ4v) is 3.67. The molecule has 4 aromatic rings. The Labute approximate surface area is 189 Å². The molecule has 0 aliphatic rings. The summed E-state index contributed by atoms with van der Waals surface area (Å²) in [4.78, 5) is 29.0. The molecule has 0 spiro atoms. The summed E-state index contributed by atoms with van der Waals surface area (Å²) in [6.45, 7) is 2.03. The summed E-state index contributed by atoms with van der Waals surface area (Å²) in [5.41, 5.74) is 3.03. The van der Waals surface area contributed by atoms with Gasteiger partial charge >= 0.3 is 5.97 Å². The second-order valence-corrected chi connectivity index (χ2v) is 7.32. The molecule has 1 aromatic heterocycles. The summed E-state index contributed by atoms with van der Waals surface area (Å²) in [7, 11) is 1.81. The number of aromatic nitrogens is 1. The average Bonchev–Trinajstić information content (AvgIpc) is 2.84. The molecule has 1 N–H and O–H groups in total. The third kappa shape index (κ3) is 4.18. The molecule has 0 bridgehead atoms. The number of nitrogens with zero attached hydrogens (tertiary/aromatic N) is 3. The van der Waals surface area contributed by atoms with Crippen molar-refractivity contribution >= 4 is 33.9 Å². The molecular formula is C25H21N3O5. The Bertz CT molecular complexity index is 1350. The molecule has 0 aliphatic heterocycles. The number of non-ortho nitro benzene ring substituents is 1. The predicted octanol–water partition coefficient (Wildman–Crippen LogP) is 5.46. The Morgan fingerprint density at radius 2 is 1.85 bits per heavy atom. The number of aromatic hydroxyl groups is 1. The number of fused-ring (bicyclic) bond motifs is 1. The quantitative estimate of drug-likeness (QED) is 0.240. The fraction of sp³-hybridized carbons (Fsp3) is 0.120. The number of benzene rings is 3. The number of hydrogen-bond donors (Lipinski definition) is 1. The van der Waals surface area contributed by atoms with Crippen LogP contribution in [-0.4, -0.2) is 34.6 Å². The SMILES string of the molecule is CCOC(=O)c1ccc(N(C)c2ccc([N+](=O)[O-])cc2-c2ccc3cccnc3c2O)cc1. The van der Waals surface area contributed by atoms with E-state index in [0.717, 1.165) is 11.1 Å². The van der Waals surface area contributed by atoms with Crippen molar-refractivity contribution in [3.05, 3.63) is 88.6 Å². The van der Waals surface area contributed by atoms with E-state index in [2.05, 4.69) is 4.98 Å². The Kier molecular flexibility index (Phi) is 5.91. The lowest BCUT2D eigenvalue weighted by Crippen LogP contribution is -2.12. The van der Waals surface area contributed by atoms with Gasteiger partial charge in [-0.2, -0.15) is 0 Å². The molecule has 8 nitrogen and oxygen atoms in total. The van der Waals surface area contributed by atoms with Crippen LogP contribution in [0.2, 0.25) is 0 Å². The summed E-state index contributed by atoms with van der Waals surface area (Å²) < 4.78 is 5.02. The minimum atomic E-state index is -0.474. The Balaban J connectivity index is 1.82. The number of carbonyl (C=O) groups is 1. The molecule has 0 unspecified atom stereocenters. The lowest BCUT2D eigenvalue weighted by Gasteiger charge is -2.23. The largest absolute Gasteiger partial charge is 0.505 e. The number of phenolic OH excluding ortho intramolecular Hbond substituents is 1. The van der Waals surface area contributed by atoms with Gasteiger partial charge in [0.05, 0.1) is 17.1 Å². The van der Waals surface area contributed by atoms with Crippen molar-refractivity contribution in [2.24, 2.45) is 0 Å². The van der Waals surface area contributed by atoms with E-state index in [1.807, 2.05) is 17.0 Å². The Hall–Kier alpha value is -4.46. The lowest BCUT2D eigenvalue weighted by molar-refractivity contribution is -0.384. The zero-order valence-corrected chi connectivity index (χ0v) is 18.1. The van der Waals surface area contributed by atoms with E-state index in [1.54, 1.807) is 62.6 Å². The molecule has 0 atom stereocenters. The van der Waals surface area contributed by atoms with Crippen LogP contribution < -0.4 is 4.90 Å². The van der Waals surface area contributed by atoms with Gasteiger partial charge in [0.25, 0.3) is 5.69 Å². The zero-order chi connectivity index (χ0) is 23.5. The van der Waals surface area contributed by atoms with Crippen molar-refractivity contribution in [2.45, 2.75) is 6.92 Å². The molecule has 0 aliphatic carbocycles. The number of phenols is 1. The standard InChI is InChI=1S/C25H21N3O5/c1-3-33-25(30)17-6-9-18(10-7-17)27(2)22-13-11-19(28(31)32)15-21(22)20-12-8-16-5-4-14-26-23(16)24(20)29/h4-15,29H,3H2,1-2H3. The molecule has 3 aromatic carbocycles. The van der Waals surface area contributed by atoms with Gasteiger partial charge in [-0.3, -0.25) is 15.1 Å². The maximum Gasteiger partial charge on any atom is 0.338 e. The van der Waals surface area contributed by atoms with E-state index in [0.29, 0.717) is 27.9 Å². The van der Waals surface area contributed by atoms with E-state index in [1.165, 1.54) is 12.1 Å². The molecule has 0 fully saturated rings. The van der Waals surface area contributed by atoms with Gasteiger partial charge in [-0.15, -0.1) is 0 Å². The van der Waals surface area contributed by atoms with Crippen LogP contribution in [0.1, 0.15) is 17.3 Å². The molecule has 8 heteroatoms. The van der Waals surface area contributed by atoms with Crippen molar-refractivity contribution in [1.29, 1.82) is 0 Å². The number of ether oxygens (including phenoxy) is 1. The van der Waals surface area contributed by atoms with E-state index >= 15 is 0 Å². The van der Waals surface area contributed by atoms with Gasteiger partial charge in [0.15, 0.2) is 0 Å². The Morgan fingerprint density at radius 1 is 1.09 bits per heavy atom. The maximum atomic E-state index is 11.9. The first kappa shape index (κ1) is 21.8. The molecule has 33 heavy (non-hydrogen) atoms. The number of anilines is 2. The minimum absolute atomic E-state index is 0.0547. The molecule has 0 saturated carbocycles. The van der Waals surface area contributed by atoms with E-state index in [-0.39, 0.29) is 18.0 Å². The molecule has 0 radical (unpaired) electrons. The van der Waals surface area contributed by atoms with Crippen LogP contribution in [0, 0.1) is 10.1 Å². The number of pyridine rings is 1. The van der Waals surface area contributed by atoms with E-state index in [4.69, 9.17) is 4.74 Å². The van der Waals surface area contributed by atoms with Crippen LogP contribution in [0.3, 0.4) is 0 Å². The lowest BCUT2D eigenvalue weighted by atomic mass is 9.99. The van der Waals surface area contributed by atoms with Gasteiger partial charge in [0.2, 0.25) is 0 Å². The van der Waals surface area contributed by atoms with Gasteiger partial charge < -0.3 is 14.7 Å². The molecule has 4 rings (SSSR count). The summed E-state index contributed by atoms with van der Waals surface area (Å²) in [5, 5.41) is 23.2.